The van der Waals surface area contributed by atoms with Crippen LogP contribution in [0.3, 0.4) is 0 Å². The summed E-state index contributed by atoms with van der Waals surface area (Å²) in [5, 5.41) is 0. The smallest absolute Gasteiger partial charge is 0.406 e. The van der Waals surface area contributed by atoms with E-state index in [4.69, 9.17) is 14.2 Å². The number of halogens is 3. The van der Waals surface area contributed by atoms with Crippen molar-refractivity contribution in [1.82, 2.24) is 9.97 Å². The Labute approximate surface area is 249 Å². The molecule has 230 valence electrons. The maximum absolute atomic E-state index is 14.0. The SMILES string of the molecule is COC(=O)c1ccc(N2C(=O)N(c3ccc(OC)cc3)Cc3cnc(N(COCC[Si](C)(C)C)CC(F)(F)F)nc32)cc1. The monoisotopic (exact) mass is 617 g/mol. The van der Waals surface area contributed by atoms with E-state index >= 15 is 0 Å². The van der Waals surface area contributed by atoms with E-state index in [1.807, 2.05) is 0 Å². The van der Waals surface area contributed by atoms with Gasteiger partial charge in [-0.15, -0.1) is 0 Å². The number of anilines is 4. The molecule has 1 aliphatic heterocycles. The molecule has 0 saturated carbocycles. The first kappa shape index (κ1) is 31.8. The topological polar surface area (TPSA) is 97.3 Å². The molecule has 0 unspecified atom stereocenters. The first-order chi connectivity index (χ1) is 20.3. The van der Waals surface area contributed by atoms with Crippen molar-refractivity contribution < 1.29 is 37.0 Å². The van der Waals surface area contributed by atoms with Crippen LogP contribution < -0.4 is 19.4 Å². The van der Waals surface area contributed by atoms with E-state index in [2.05, 4.69) is 29.6 Å². The summed E-state index contributed by atoms with van der Waals surface area (Å²) < 4.78 is 56.4. The highest BCUT2D eigenvalue weighted by molar-refractivity contribution is 6.76. The Morgan fingerprint density at radius 2 is 1.67 bits per heavy atom. The number of carbonyl (C=O) groups excluding carboxylic acids is 2. The Morgan fingerprint density at radius 3 is 2.26 bits per heavy atom. The lowest BCUT2D eigenvalue weighted by Gasteiger charge is -2.36. The predicted octanol–water partition coefficient (Wildman–Crippen LogP) is 6.23. The van der Waals surface area contributed by atoms with Gasteiger partial charge in [-0.1, -0.05) is 19.6 Å². The molecule has 0 bridgehead atoms. The number of esters is 1. The second kappa shape index (κ2) is 13.0. The van der Waals surface area contributed by atoms with Gasteiger partial charge in [0.1, 0.15) is 19.0 Å². The molecular weight excluding hydrogens is 583 g/mol. The molecule has 0 aliphatic carbocycles. The van der Waals surface area contributed by atoms with Crippen LogP contribution in [0.4, 0.5) is 41.1 Å². The van der Waals surface area contributed by atoms with Crippen LogP contribution in [0.2, 0.25) is 25.7 Å². The van der Waals surface area contributed by atoms with Crippen LogP contribution in [0.25, 0.3) is 0 Å². The number of aromatic nitrogens is 2. The highest BCUT2D eigenvalue weighted by Crippen LogP contribution is 2.37. The fourth-order valence-electron chi connectivity index (χ4n) is 4.30. The van der Waals surface area contributed by atoms with Crippen LogP contribution >= 0.6 is 0 Å². The van der Waals surface area contributed by atoms with Crippen molar-refractivity contribution in [3.8, 4) is 5.75 Å². The molecule has 4 rings (SSSR count). The van der Waals surface area contributed by atoms with E-state index in [0.29, 0.717) is 29.3 Å². The molecule has 14 heteroatoms. The van der Waals surface area contributed by atoms with Gasteiger partial charge in [0.15, 0.2) is 5.82 Å². The number of amides is 2. The summed E-state index contributed by atoms with van der Waals surface area (Å²) in [6, 6.07) is 13.2. The van der Waals surface area contributed by atoms with E-state index in [9.17, 15) is 22.8 Å². The highest BCUT2D eigenvalue weighted by atomic mass is 28.3. The zero-order chi connectivity index (χ0) is 31.4. The van der Waals surface area contributed by atoms with Crippen molar-refractivity contribution in [2.45, 2.75) is 38.4 Å². The van der Waals surface area contributed by atoms with Gasteiger partial charge in [-0.25, -0.2) is 19.5 Å². The number of rotatable bonds is 11. The molecule has 43 heavy (non-hydrogen) atoms. The largest absolute Gasteiger partial charge is 0.497 e. The van der Waals surface area contributed by atoms with Crippen molar-refractivity contribution in [3.63, 3.8) is 0 Å². The van der Waals surface area contributed by atoms with Gasteiger partial charge < -0.3 is 19.1 Å². The number of ether oxygens (including phenoxy) is 3. The van der Waals surface area contributed by atoms with E-state index in [1.54, 1.807) is 36.4 Å². The number of fused-ring (bicyclic) bond motifs is 1. The Morgan fingerprint density at radius 1 is 1.02 bits per heavy atom. The molecule has 0 atom stereocenters. The number of benzene rings is 2. The number of nitrogens with zero attached hydrogens (tertiary/aromatic N) is 5. The average molecular weight is 618 g/mol. The molecule has 2 amide bonds. The zero-order valence-corrected chi connectivity index (χ0v) is 25.6. The summed E-state index contributed by atoms with van der Waals surface area (Å²) in [6.45, 7) is 5.12. The predicted molar refractivity (Wildman–Crippen MR) is 159 cm³/mol. The molecule has 2 aromatic carbocycles. The molecule has 10 nitrogen and oxygen atoms in total. The molecule has 3 aromatic rings. The van der Waals surface area contributed by atoms with Gasteiger partial charge >= 0.3 is 18.2 Å². The van der Waals surface area contributed by atoms with Gasteiger partial charge in [0.05, 0.1) is 32.0 Å². The molecular formula is C29H34F3N5O5Si. The normalized spacial score (nSPS) is 13.5. The third-order valence-electron chi connectivity index (χ3n) is 6.62. The second-order valence-corrected chi connectivity index (χ2v) is 16.7. The summed E-state index contributed by atoms with van der Waals surface area (Å²) >= 11 is 0. The van der Waals surface area contributed by atoms with Crippen LogP contribution in [0, 0.1) is 0 Å². The summed E-state index contributed by atoms with van der Waals surface area (Å²) in [6.07, 6.45) is -3.13. The van der Waals surface area contributed by atoms with Crippen molar-refractivity contribution in [2.75, 3.05) is 48.8 Å². The Kier molecular flexibility index (Phi) is 9.60. The van der Waals surface area contributed by atoms with Gasteiger partial charge in [-0.2, -0.15) is 18.2 Å². The first-order valence-corrected chi connectivity index (χ1v) is 17.2. The maximum atomic E-state index is 14.0. The third-order valence-corrected chi connectivity index (χ3v) is 8.32. The maximum Gasteiger partial charge on any atom is 0.406 e. The lowest BCUT2D eigenvalue weighted by molar-refractivity contribution is -0.122. The average Bonchev–Trinajstić information content (AvgIpc) is 2.97. The molecule has 2 heterocycles. The van der Waals surface area contributed by atoms with Crippen molar-refractivity contribution in [1.29, 1.82) is 0 Å². The van der Waals surface area contributed by atoms with Crippen molar-refractivity contribution >= 4 is 43.2 Å². The minimum Gasteiger partial charge on any atom is -0.497 e. The highest BCUT2D eigenvalue weighted by Gasteiger charge is 2.37. The van der Waals surface area contributed by atoms with Crippen LogP contribution in [-0.2, 0) is 16.0 Å². The van der Waals surface area contributed by atoms with Crippen LogP contribution in [0.15, 0.2) is 54.7 Å². The summed E-state index contributed by atoms with van der Waals surface area (Å²) in [4.78, 5) is 38.4. The van der Waals surface area contributed by atoms with E-state index in [0.717, 1.165) is 10.9 Å². The second-order valence-electron chi connectivity index (χ2n) is 11.1. The standard InChI is InChI=1S/C29H34F3N5O5Si/c1-40-24-12-10-22(11-13-24)36-17-21-16-33-27(35(18-29(30,31)32)19-42-14-15-43(3,4)5)34-25(21)37(28(36)39)23-8-6-20(7-9-23)26(38)41-2/h6-13,16H,14-15,17-19H2,1-5H3. The Bertz CT molecular complexity index is 1430. The molecule has 1 aromatic heterocycles. The molecule has 0 fully saturated rings. The van der Waals surface area contributed by atoms with Crippen LogP contribution in [-0.4, -0.2) is 70.3 Å². The van der Waals surface area contributed by atoms with Crippen molar-refractivity contribution in [3.05, 3.63) is 65.9 Å². The summed E-state index contributed by atoms with van der Waals surface area (Å²) in [7, 11) is 1.33. The van der Waals surface area contributed by atoms with Gasteiger partial charge in [0, 0.05) is 32.1 Å². The number of alkyl halides is 3. The third kappa shape index (κ3) is 8.02. The van der Waals surface area contributed by atoms with Gasteiger partial charge in [0.2, 0.25) is 5.95 Å². The minimum absolute atomic E-state index is 0.0729. The lowest BCUT2D eigenvalue weighted by Crippen LogP contribution is -2.46. The Hall–Kier alpha value is -4.17. The molecule has 0 saturated heterocycles. The van der Waals surface area contributed by atoms with Gasteiger partial charge in [-0.3, -0.25) is 4.90 Å². The van der Waals surface area contributed by atoms with Gasteiger partial charge in [0.25, 0.3) is 0 Å². The minimum atomic E-state index is -4.55. The van der Waals surface area contributed by atoms with E-state index < -0.39 is 32.8 Å². The quantitative estimate of drug-likeness (QED) is 0.108. The number of methoxy groups -OCH3 is 2. The van der Waals surface area contributed by atoms with Gasteiger partial charge in [-0.05, 0) is 54.6 Å². The number of urea groups is 1. The lowest BCUT2D eigenvalue weighted by atomic mass is 10.1. The molecule has 1 aliphatic rings. The molecule has 0 spiro atoms. The van der Waals surface area contributed by atoms with Crippen molar-refractivity contribution in [2.24, 2.45) is 0 Å². The van der Waals surface area contributed by atoms with Crippen LogP contribution in [0.5, 0.6) is 5.75 Å². The number of hydrogen-bond donors (Lipinski definition) is 0. The van der Waals surface area contributed by atoms with E-state index in [1.165, 1.54) is 42.3 Å². The first-order valence-electron chi connectivity index (χ1n) is 13.5. The number of hydrogen-bond acceptors (Lipinski definition) is 8. The number of carbonyl (C=O) groups is 2. The molecule has 0 N–H and O–H groups in total. The summed E-state index contributed by atoms with van der Waals surface area (Å²) in [5.41, 5.74) is 1.67. The summed E-state index contributed by atoms with van der Waals surface area (Å²) in [5.74, 6) is -0.0576. The fourth-order valence-corrected chi connectivity index (χ4v) is 5.06. The van der Waals surface area contributed by atoms with Crippen LogP contribution in [0.1, 0.15) is 15.9 Å². The Balaban J connectivity index is 1.74. The van der Waals surface area contributed by atoms with E-state index in [-0.39, 0.29) is 30.6 Å². The molecule has 0 radical (unpaired) electrons. The zero-order valence-electron chi connectivity index (χ0n) is 24.6. The fraction of sp³-hybridized carbons (Fsp3) is 0.379.